The van der Waals surface area contributed by atoms with E-state index in [4.69, 9.17) is 0 Å². The van der Waals surface area contributed by atoms with Gasteiger partial charge in [-0.3, -0.25) is 0 Å². The summed E-state index contributed by atoms with van der Waals surface area (Å²) < 4.78 is 0. The largest absolute Gasteiger partial charge is 0.336 e. The molecule has 0 aliphatic heterocycles. The Morgan fingerprint density at radius 3 is 1.33 bits per heavy atom. The molecule has 0 unspecified atom stereocenters. The Labute approximate surface area is 98.1 Å². The van der Waals surface area contributed by atoms with E-state index >= 15 is 0 Å². The molecule has 1 nitrogen and oxygen atoms in total. The Morgan fingerprint density at radius 1 is 0.933 bits per heavy atom. The third-order valence-corrected chi connectivity index (χ3v) is 11.1. The van der Waals surface area contributed by atoms with Gasteiger partial charge in [-0.15, -0.1) is 0 Å². The maximum absolute atomic E-state index is 3.91. The summed E-state index contributed by atoms with van der Waals surface area (Å²) in [7, 11) is -1.53. The topological polar surface area (TPSA) is 12.0 Å². The third-order valence-electron chi connectivity index (χ3n) is 3.69. The highest BCUT2D eigenvalue weighted by Gasteiger charge is 2.54. The van der Waals surface area contributed by atoms with Crippen molar-refractivity contribution < 1.29 is 0 Å². The van der Waals surface area contributed by atoms with Crippen LogP contribution in [0, 0.1) is 0 Å². The maximum atomic E-state index is 3.91. The van der Waals surface area contributed by atoms with Gasteiger partial charge >= 0.3 is 0 Å². The van der Waals surface area contributed by atoms with Crippen LogP contribution >= 0.6 is 0 Å². The van der Waals surface area contributed by atoms with Crippen LogP contribution in [-0.4, -0.2) is 14.8 Å². The molecule has 1 N–H and O–H groups in total. The minimum atomic E-state index is -1.53. The zero-order valence-corrected chi connectivity index (χ0v) is 13.3. The highest BCUT2D eigenvalue weighted by atomic mass is 28.3. The van der Waals surface area contributed by atoms with E-state index in [-0.39, 0.29) is 0 Å². The number of hydrogen-bond acceptors (Lipinski definition) is 1. The molecule has 0 amide bonds. The molecule has 0 aromatic rings. The molecular weight excluding hydrogens is 198 g/mol. The lowest BCUT2D eigenvalue weighted by atomic mass is 10.2. The minimum Gasteiger partial charge on any atom is -0.336 e. The number of hydrogen-bond donors (Lipinski definition) is 1. The summed E-state index contributed by atoms with van der Waals surface area (Å²) in [5.41, 5.74) is 0.762. The van der Waals surface area contributed by atoms with Gasteiger partial charge in [-0.05, 0) is 22.2 Å². The molecule has 0 atom stereocenters. The van der Waals surface area contributed by atoms with Gasteiger partial charge in [0.05, 0.1) is 0 Å². The van der Waals surface area contributed by atoms with Gasteiger partial charge < -0.3 is 4.98 Å². The monoisotopic (exact) mass is 229 g/mol. The van der Waals surface area contributed by atoms with E-state index in [9.17, 15) is 0 Å². The van der Waals surface area contributed by atoms with E-state index in [1.54, 1.807) is 0 Å². The fourth-order valence-corrected chi connectivity index (χ4v) is 11.6. The van der Waals surface area contributed by atoms with Crippen molar-refractivity contribution in [2.24, 2.45) is 0 Å². The van der Waals surface area contributed by atoms with Crippen molar-refractivity contribution in [3.05, 3.63) is 0 Å². The summed E-state index contributed by atoms with van der Waals surface area (Å²) in [6, 6.07) is 0. The van der Waals surface area contributed by atoms with Crippen LogP contribution in [0.5, 0.6) is 0 Å². The summed E-state index contributed by atoms with van der Waals surface area (Å²) in [5.74, 6) is 0. The number of rotatable bonds is 3. The molecule has 0 bridgehead atoms. The first-order valence-corrected chi connectivity index (χ1v) is 8.33. The van der Waals surface area contributed by atoms with Gasteiger partial charge in [0, 0.05) is 0 Å². The van der Waals surface area contributed by atoms with Crippen molar-refractivity contribution in [3.8, 4) is 0 Å². The molecule has 0 aliphatic carbocycles. The fraction of sp³-hybridized carbons (Fsp3) is 1.00. The molecule has 0 saturated heterocycles. The van der Waals surface area contributed by atoms with Crippen LogP contribution in [0.3, 0.4) is 0 Å². The fourth-order valence-electron chi connectivity index (χ4n) is 3.87. The van der Waals surface area contributed by atoms with E-state index in [0.717, 1.165) is 12.1 Å². The van der Waals surface area contributed by atoms with Crippen LogP contribution in [0.15, 0.2) is 0 Å². The standard InChI is InChI=1S/C13H31NSi/c1-10-14-15(11(2)3,12(4,5)6)13(7,8)9/h11,14H,10H2,1-9H3. The van der Waals surface area contributed by atoms with E-state index in [1.807, 2.05) is 0 Å². The first kappa shape index (κ1) is 15.2. The molecule has 0 heterocycles. The molecule has 15 heavy (non-hydrogen) atoms. The Balaban J connectivity index is 5.50. The lowest BCUT2D eigenvalue weighted by molar-refractivity contribution is 0.555. The normalized spacial score (nSPS) is 14.8. The van der Waals surface area contributed by atoms with Crippen molar-refractivity contribution in [2.75, 3.05) is 6.54 Å². The Bertz CT molecular complexity index is 182. The van der Waals surface area contributed by atoms with Gasteiger partial charge in [0.25, 0.3) is 0 Å². The van der Waals surface area contributed by atoms with Crippen molar-refractivity contribution in [1.82, 2.24) is 4.98 Å². The van der Waals surface area contributed by atoms with E-state index < -0.39 is 8.24 Å². The molecule has 0 aromatic heterocycles. The molecule has 0 rings (SSSR count). The van der Waals surface area contributed by atoms with Crippen molar-refractivity contribution >= 4 is 8.24 Å². The molecular formula is C13H31NSi. The second-order valence-electron chi connectivity index (χ2n) is 6.99. The van der Waals surface area contributed by atoms with Crippen LogP contribution in [0.2, 0.25) is 15.6 Å². The first-order valence-electron chi connectivity index (χ1n) is 6.25. The summed E-state index contributed by atoms with van der Waals surface area (Å²) >= 11 is 0. The summed E-state index contributed by atoms with van der Waals surface area (Å²) in [5, 5.41) is 0.796. The highest BCUT2D eigenvalue weighted by Crippen LogP contribution is 2.54. The second-order valence-corrected chi connectivity index (χ2v) is 13.1. The third kappa shape index (κ3) is 2.65. The predicted molar refractivity (Wildman–Crippen MR) is 74.0 cm³/mol. The Morgan fingerprint density at radius 2 is 1.27 bits per heavy atom. The Kier molecular flexibility index (Phi) is 4.64. The number of nitrogens with one attached hydrogen (secondary N) is 1. The van der Waals surface area contributed by atoms with Gasteiger partial charge in [0.1, 0.15) is 8.24 Å². The van der Waals surface area contributed by atoms with Crippen LogP contribution in [-0.2, 0) is 0 Å². The molecule has 92 valence electrons. The molecule has 0 fully saturated rings. The molecule has 0 spiro atoms. The summed E-state index contributed by atoms with van der Waals surface area (Å²) in [6.45, 7) is 22.6. The second kappa shape index (κ2) is 4.58. The van der Waals surface area contributed by atoms with Crippen molar-refractivity contribution in [2.45, 2.75) is 77.9 Å². The quantitative estimate of drug-likeness (QED) is 0.700. The van der Waals surface area contributed by atoms with Crippen LogP contribution in [0.4, 0.5) is 0 Å². The average molecular weight is 229 g/mol. The summed E-state index contributed by atoms with van der Waals surface area (Å²) in [4.78, 5) is 3.91. The first-order chi connectivity index (χ1) is 6.50. The molecule has 2 heteroatoms. The van der Waals surface area contributed by atoms with Gasteiger partial charge in [-0.1, -0.05) is 62.3 Å². The SMILES string of the molecule is CCN[Si](C(C)C)(C(C)(C)C)C(C)(C)C. The van der Waals surface area contributed by atoms with Crippen molar-refractivity contribution in [3.63, 3.8) is 0 Å². The molecule has 0 aliphatic rings. The van der Waals surface area contributed by atoms with E-state index in [2.05, 4.69) is 67.3 Å². The zero-order valence-electron chi connectivity index (χ0n) is 12.3. The lowest BCUT2D eigenvalue weighted by Crippen LogP contribution is -2.65. The van der Waals surface area contributed by atoms with Crippen LogP contribution in [0.25, 0.3) is 0 Å². The molecule has 0 radical (unpaired) electrons. The minimum absolute atomic E-state index is 0.398. The van der Waals surface area contributed by atoms with Crippen molar-refractivity contribution in [1.29, 1.82) is 0 Å². The lowest BCUT2D eigenvalue weighted by Gasteiger charge is -2.55. The predicted octanol–water partition coefficient (Wildman–Crippen LogP) is 4.55. The van der Waals surface area contributed by atoms with Gasteiger partial charge in [0.2, 0.25) is 0 Å². The maximum Gasteiger partial charge on any atom is 0.139 e. The zero-order chi connectivity index (χ0) is 12.5. The van der Waals surface area contributed by atoms with Gasteiger partial charge in [-0.2, -0.15) is 0 Å². The molecule has 0 aromatic carbocycles. The molecule has 0 saturated carbocycles. The van der Waals surface area contributed by atoms with Gasteiger partial charge in [-0.25, -0.2) is 0 Å². The average Bonchev–Trinajstić information content (AvgIpc) is 1.93. The smallest absolute Gasteiger partial charge is 0.139 e. The van der Waals surface area contributed by atoms with E-state index in [1.165, 1.54) is 0 Å². The van der Waals surface area contributed by atoms with Crippen LogP contribution < -0.4 is 4.98 Å². The Hall–Kier alpha value is 0.177. The summed E-state index contributed by atoms with van der Waals surface area (Å²) in [6.07, 6.45) is 0. The highest BCUT2D eigenvalue weighted by molar-refractivity contribution is 6.84. The van der Waals surface area contributed by atoms with E-state index in [0.29, 0.717) is 10.1 Å². The van der Waals surface area contributed by atoms with Crippen LogP contribution in [0.1, 0.15) is 62.3 Å². The van der Waals surface area contributed by atoms with Gasteiger partial charge in [0.15, 0.2) is 0 Å².